The molecule has 1 heterocycles. The second-order valence-electron chi connectivity index (χ2n) is 7.88. The number of hydrogen-bond donors (Lipinski definition) is 2. The second kappa shape index (κ2) is 10.0. The number of imidazole rings is 1. The first-order valence-electron chi connectivity index (χ1n) is 10.5. The first-order valence-corrected chi connectivity index (χ1v) is 13.0. The number of nitrogens with zero attached hydrogens (tertiary/aromatic N) is 1. The number of fused-ring (bicyclic) bond motifs is 1. The molecule has 3 aromatic carbocycles. The summed E-state index contributed by atoms with van der Waals surface area (Å²) in [6, 6.07) is 10.5. The van der Waals surface area contributed by atoms with Crippen LogP contribution in [-0.2, 0) is 22.4 Å². The van der Waals surface area contributed by atoms with E-state index < -0.39 is 34.0 Å². The van der Waals surface area contributed by atoms with Gasteiger partial charge < -0.3 is 10.1 Å². The standard InChI is InChI=1S/C24H18Cl2F4N2O3S/c25-17-12-18-22(21(26)20(17)14-3-1-2-4-16(14)24(28,29)30)32-23(31-18)15-11-13(7-9-33)5-6-19(15)36(34,35)10-8-27/h1-6,11-12,33H,7-10H2,(H,31,32). The molecule has 2 N–H and O–H groups in total. The van der Waals surface area contributed by atoms with Crippen molar-refractivity contribution in [2.75, 3.05) is 19.0 Å². The van der Waals surface area contributed by atoms with Crippen molar-refractivity contribution in [3.05, 3.63) is 69.7 Å². The zero-order valence-corrected chi connectivity index (χ0v) is 20.7. The van der Waals surface area contributed by atoms with Crippen LogP contribution in [0.2, 0.25) is 10.0 Å². The summed E-state index contributed by atoms with van der Waals surface area (Å²) in [4.78, 5) is 7.12. The van der Waals surface area contributed by atoms with Gasteiger partial charge in [0.2, 0.25) is 0 Å². The number of sulfone groups is 1. The van der Waals surface area contributed by atoms with Crippen molar-refractivity contribution in [3.8, 4) is 22.5 Å². The molecule has 0 amide bonds. The Morgan fingerprint density at radius 2 is 1.75 bits per heavy atom. The van der Waals surface area contributed by atoms with Gasteiger partial charge in [-0.25, -0.2) is 17.8 Å². The smallest absolute Gasteiger partial charge is 0.396 e. The zero-order chi connectivity index (χ0) is 26.3. The largest absolute Gasteiger partial charge is 0.417 e. The van der Waals surface area contributed by atoms with E-state index in [9.17, 15) is 31.1 Å². The highest BCUT2D eigenvalue weighted by Gasteiger charge is 2.34. The third-order valence-electron chi connectivity index (χ3n) is 5.55. The second-order valence-corrected chi connectivity index (χ2v) is 10.7. The van der Waals surface area contributed by atoms with Gasteiger partial charge >= 0.3 is 6.18 Å². The Morgan fingerprint density at radius 1 is 1.03 bits per heavy atom. The van der Waals surface area contributed by atoms with E-state index >= 15 is 0 Å². The molecule has 0 atom stereocenters. The number of H-pyrrole nitrogens is 1. The SMILES string of the molecule is O=S(=O)(CCF)c1ccc(CCO)cc1-c1nc2c(Cl)c(-c3ccccc3C(F)(F)F)c(Cl)cc2[nH]1. The molecule has 0 fully saturated rings. The molecule has 0 aliphatic carbocycles. The number of benzene rings is 3. The molecule has 4 rings (SSSR count). The van der Waals surface area contributed by atoms with Gasteiger partial charge in [0, 0.05) is 17.7 Å². The summed E-state index contributed by atoms with van der Waals surface area (Å²) in [5.41, 5.74) is -0.205. The van der Waals surface area contributed by atoms with Gasteiger partial charge in [0.25, 0.3) is 0 Å². The lowest BCUT2D eigenvalue weighted by atomic mass is 9.98. The number of halogens is 6. The summed E-state index contributed by atoms with van der Waals surface area (Å²) in [5.74, 6) is -0.702. The third-order valence-corrected chi connectivity index (χ3v) is 7.94. The first-order chi connectivity index (χ1) is 17.0. The van der Waals surface area contributed by atoms with E-state index in [-0.39, 0.29) is 61.5 Å². The first kappa shape index (κ1) is 26.4. The number of alkyl halides is 4. The van der Waals surface area contributed by atoms with Gasteiger partial charge in [0.15, 0.2) is 9.84 Å². The molecule has 0 radical (unpaired) electrons. The molecule has 0 aliphatic heterocycles. The normalized spacial score (nSPS) is 12.4. The number of hydrogen-bond acceptors (Lipinski definition) is 4. The Labute approximate surface area is 213 Å². The van der Waals surface area contributed by atoms with E-state index in [0.29, 0.717) is 5.56 Å². The maximum Gasteiger partial charge on any atom is 0.417 e. The number of aromatic nitrogens is 2. The van der Waals surface area contributed by atoms with E-state index in [0.717, 1.165) is 6.07 Å². The van der Waals surface area contributed by atoms with Gasteiger partial charge in [-0.05, 0) is 41.8 Å². The Morgan fingerprint density at radius 3 is 2.42 bits per heavy atom. The molecule has 0 saturated heterocycles. The van der Waals surface area contributed by atoms with E-state index in [1.807, 2.05) is 0 Å². The van der Waals surface area contributed by atoms with Gasteiger partial charge in [-0.15, -0.1) is 0 Å². The summed E-state index contributed by atoms with van der Waals surface area (Å²) >= 11 is 12.9. The monoisotopic (exact) mass is 560 g/mol. The van der Waals surface area contributed by atoms with Gasteiger partial charge in [-0.3, -0.25) is 0 Å². The molecule has 4 aromatic rings. The van der Waals surface area contributed by atoms with Crippen LogP contribution in [0, 0.1) is 0 Å². The Balaban J connectivity index is 1.96. The van der Waals surface area contributed by atoms with Crippen molar-refractivity contribution in [2.45, 2.75) is 17.5 Å². The summed E-state index contributed by atoms with van der Waals surface area (Å²) in [7, 11) is -4.03. The van der Waals surface area contributed by atoms with Crippen molar-refractivity contribution in [1.29, 1.82) is 0 Å². The molecule has 5 nitrogen and oxygen atoms in total. The van der Waals surface area contributed by atoms with Crippen LogP contribution in [0.25, 0.3) is 33.5 Å². The highest BCUT2D eigenvalue weighted by molar-refractivity contribution is 7.91. The predicted molar refractivity (Wildman–Crippen MR) is 131 cm³/mol. The van der Waals surface area contributed by atoms with Crippen LogP contribution in [0.15, 0.2) is 53.4 Å². The molecule has 1 aromatic heterocycles. The molecule has 190 valence electrons. The molecule has 36 heavy (non-hydrogen) atoms. The summed E-state index contributed by atoms with van der Waals surface area (Å²) in [5, 5.41) is 9.06. The van der Waals surface area contributed by atoms with Crippen LogP contribution in [0.4, 0.5) is 17.6 Å². The van der Waals surface area contributed by atoms with E-state index in [2.05, 4.69) is 9.97 Å². The van der Waals surface area contributed by atoms with Crippen LogP contribution in [0.5, 0.6) is 0 Å². The predicted octanol–water partition coefficient (Wildman–Crippen LogP) is 6.50. The quantitative estimate of drug-likeness (QED) is 0.253. The number of nitrogens with one attached hydrogen (secondary N) is 1. The van der Waals surface area contributed by atoms with Crippen molar-refractivity contribution < 1.29 is 31.1 Å². The van der Waals surface area contributed by atoms with Gasteiger partial charge in [0.1, 0.15) is 18.0 Å². The number of aromatic amines is 1. The molecule has 0 spiro atoms. The minimum atomic E-state index is -4.66. The molecule has 12 heteroatoms. The maximum absolute atomic E-state index is 13.6. The summed E-state index contributed by atoms with van der Waals surface area (Å²) in [6.45, 7) is -1.29. The van der Waals surface area contributed by atoms with E-state index in [1.54, 1.807) is 0 Å². The van der Waals surface area contributed by atoms with Crippen molar-refractivity contribution >= 4 is 44.1 Å². The highest BCUT2D eigenvalue weighted by atomic mass is 35.5. The molecule has 0 saturated carbocycles. The average molecular weight is 561 g/mol. The lowest BCUT2D eigenvalue weighted by molar-refractivity contribution is -0.137. The average Bonchev–Trinajstić information content (AvgIpc) is 3.23. The molecule has 0 unspecified atom stereocenters. The minimum absolute atomic E-state index is 0.0430. The number of rotatable bonds is 7. The number of aliphatic hydroxyl groups excluding tert-OH is 1. The van der Waals surface area contributed by atoms with Crippen LogP contribution < -0.4 is 0 Å². The maximum atomic E-state index is 13.6. The molecule has 0 bridgehead atoms. The summed E-state index contributed by atoms with van der Waals surface area (Å²) in [6.07, 6.45) is -4.44. The van der Waals surface area contributed by atoms with Gasteiger partial charge in [0.05, 0.1) is 31.8 Å². The lowest BCUT2D eigenvalue weighted by Crippen LogP contribution is -2.10. The van der Waals surface area contributed by atoms with E-state index in [4.69, 9.17) is 23.2 Å². The Hall–Kier alpha value is -2.66. The Bertz CT molecular complexity index is 1550. The Kier molecular flexibility index (Phi) is 7.34. The fourth-order valence-electron chi connectivity index (χ4n) is 3.93. The molecular weight excluding hydrogens is 543 g/mol. The fraction of sp³-hybridized carbons (Fsp3) is 0.208. The molecular formula is C24H18Cl2F4N2O3S. The molecule has 0 aliphatic rings. The highest BCUT2D eigenvalue weighted by Crippen LogP contribution is 2.45. The topological polar surface area (TPSA) is 83.1 Å². The van der Waals surface area contributed by atoms with Crippen LogP contribution in [-0.4, -0.2) is 42.5 Å². The van der Waals surface area contributed by atoms with Crippen LogP contribution in [0.1, 0.15) is 11.1 Å². The third kappa shape index (κ3) is 4.95. The van der Waals surface area contributed by atoms with Gasteiger partial charge in [-0.1, -0.05) is 47.5 Å². The minimum Gasteiger partial charge on any atom is -0.396 e. The van der Waals surface area contributed by atoms with E-state index in [1.165, 1.54) is 42.5 Å². The summed E-state index contributed by atoms with van der Waals surface area (Å²) < 4.78 is 79.3. The fourth-order valence-corrected chi connectivity index (χ4v) is 5.82. The number of aliphatic hydroxyl groups is 1. The van der Waals surface area contributed by atoms with Crippen molar-refractivity contribution in [1.82, 2.24) is 9.97 Å². The van der Waals surface area contributed by atoms with Crippen molar-refractivity contribution in [2.24, 2.45) is 0 Å². The zero-order valence-electron chi connectivity index (χ0n) is 18.3. The lowest BCUT2D eigenvalue weighted by Gasteiger charge is -2.15. The van der Waals surface area contributed by atoms with Crippen molar-refractivity contribution in [3.63, 3.8) is 0 Å². The van der Waals surface area contributed by atoms with Crippen LogP contribution >= 0.6 is 23.2 Å². The van der Waals surface area contributed by atoms with Gasteiger partial charge in [-0.2, -0.15) is 13.2 Å². The van der Waals surface area contributed by atoms with Crippen LogP contribution in [0.3, 0.4) is 0 Å².